The molecule has 1 saturated carbocycles. The summed E-state index contributed by atoms with van der Waals surface area (Å²) in [5.41, 5.74) is 0. The van der Waals surface area contributed by atoms with Crippen molar-refractivity contribution in [2.75, 3.05) is 19.8 Å². The summed E-state index contributed by atoms with van der Waals surface area (Å²) in [5, 5.41) is 0. The lowest BCUT2D eigenvalue weighted by molar-refractivity contribution is -0.142. The summed E-state index contributed by atoms with van der Waals surface area (Å²) in [6.45, 7) is 1.96. The van der Waals surface area contributed by atoms with Gasteiger partial charge in [-0.15, -0.1) is 0 Å². The number of ether oxygens (including phenoxy) is 3. The van der Waals surface area contributed by atoms with Gasteiger partial charge in [-0.05, 0) is 37.7 Å². The van der Waals surface area contributed by atoms with Gasteiger partial charge in [0, 0.05) is 25.5 Å². The van der Waals surface area contributed by atoms with Crippen LogP contribution in [0.2, 0.25) is 0 Å². The third-order valence-electron chi connectivity index (χ3n) is 4.67. The first-order valence-electron chi connectivity index (χ1n) is 8.69. The molecule has 3 rings (SSSR count). The van der Waals surface area contributed by atoms with Gasteiger partial charge >= 0.3 is 5.97 Å². The van der Waals surface area contributed by atoms with Gasteiger partial charge in [0.25, 0.3) is 0 Å². The SMILES string of the molecule is O=C(Oc1ccnc(OCC2CCCCC2)c1)C1CCOCC1. The Bertz CT molecular complexity index is 507. The second-order valence-electron chi connectivity index (χ2n) is 6.45. The molecular formula is C18H25NO4. The Kier molecular flexibility index (Phi) is 5.86. The van der Waals surface area contributed by atoms with Crippen LogP contribution in [0, 0.1) is 11.8 Å². The van der Waals surface area contributed by atoms with E-state index in [1.807, 2.05) is 0 Å². The van der Waals surface area contributed by atoms with E-state index in [0.29, 0.717) is 37.4 Å². The molecule has 0 amide bonds. The Morgan fingerprint density at radius 3 is 2.74 bits per heavy atom. The maximum absolute atomic E-state index is 12.1. The highest BCUT2D eigenvalue weighted by atomic mass is 16.5. The molecule has 1 aliphatic heterocycles. The fourth-order valence-corrected chi connectivity index (χ4v) is 3.22. The highest BCUT2D eigenvalue weighted by Crippen LogP contribution is 2.25. The number of pyridine rings is 1. The first-order chi connectivity index (χ1) is 11.3. The summed E-state index contributed by atoms with van der Waals surface area (Å²) in [4.78, 5) is 16.4. The van der Waals surface area contributed by atoms with Gasteiger partial charge in [0.1, 0.15) is 5.75 Å². The Balaban J connectivity index is 1.51. The summed E-state index contributed by atoms with van der Waals surface area (Å²) >= 11 is 0. The number of hydrogen-bond donors (Lipinski definition) is 0. The second kappa shape index (κ2) is 8.29. The first-order valence-corrected chi connectivity index (χ1v) is 8.69. The van der Waals surface area contributed by atoms with Crippen LogP contribution in [0.3, 0.4) is 0 Å². The number of hydrogen-bond acceptors (Lipinski definition) is 5. The summed E-state index contributed by atoms with van der Waals surface area (Å²) in [7, 11) is 0. The molecule has 0 aromatic carbocycles. The Labute approximate surface area is 137 Å². The number of carbonyl (C=O) groups is 1. The van der Waals surface area contributed by atoms with Gasteiger partial charge in [-0.1, -0.05) is 19.3 Å². The van der Waals surface area contributed by atoms with E-state index in [0.717, 1.165) is 12.8 Å². The molecule has 1 aromatic heterocycles. The third-order valence-corrected chi connectivity index (χ3v) is 4.67. The Morgan fingerprint density at radius 2 is 1.96 bits per heavy atom. The average molecular weight is 319 g/mol. The van der Waals surface area contributed by atoms with Gasteiger partial charge in [0.15, 0.2) is 0 Å². The zero-order valence-electron chi connectivity index (χ0n) is 13.5. The van der Waals surface area contributed by atoms with Crippen molar-refractivity contribution in [3.05, 3.63) is 18.3 Å². The third kappa shape index (κ3) is 4.93. The van der Waals surface area contributed by atoms with Gasteiger partial charge in [0.05, 0.1) is 12.5 Å². The van der Waals surface area contributed by atoms with Crippen molar-refractivity contribution in [1.82, 2.24) is 4.98 Å². The lowest BCUT2D eigenvalue weighted by atomic mass is 9.90. The van der Waals surface area contributed by atoms with E-state index >= 15 is 0 Å². The van der Waals surface area contributed by atoms with Crippen LogP contribution in [0.1, 0.15) is 44.9 Å². The average Bonchev–Trinajstić information content (AvgIpc) is 2.62. The predicted molar refractivity (Wildman–Crippen MR) is 85.5 cm³/mol. The second-order valence-corrected chi connectivity index (χ2v) is 6.45. The lowest BCUT2D eigenvalue weighted by Gasteiger charge is -2.21. The number of aromatic nitrogens is 1. The Hall–Kier alpha value is -1.62. The van der Waals surface area contributed by atoms with E-state index in [4.69, 9.17) is 14.2 Å². The fraction of sp³-hybridized carbons (Fsp3) is 0.667. The van der Waals surface area contributed by atoms with Crippen LogP contribution >= 0.6 is 0 Å². The molecule has 1 aromatic rings. The van der Waals surface area contributed by atoms with Crippen LogP contribution in [-0.4, -0.2) is 30.8 Å². The van der Waals surface area contributed by atoms with Crippen molar-refractivity contribution in [2.45, 2.75) is 44.9 Å². The van der Waals surface area contributed by atoms with E-state index in [9.17, 15) is 4.79 Å². The van der Waals surface area contributed by atoms with Crippen molar-refractivity contribution in [1.29, 1.82) is 0 Å². The Morgan fingerprint density at radius 1 is 1.17 bits per heavy atom. The quantitative estimate of drug-likeness (QED) is 0.779. The van der Waals surface area contributed by atoms with Crippen molar-refractivity contribution >= 4 is 5.97 Å². The summed E-state index contributed by atoms with van der Waals surface area (Å²) in [6, 6.07) is 3.41. The number of nitrogens with zero attached hydrogens (tertiary/aromatic N) is 1. The molecule has 0 spiro atoms. The molecule has 0 radical (unpaired) electrons. The van der Waals surface area contributed by atoms with E-state index in [1.54, 1.807) is 18.3 Å². The van der Waals surface area contributed by atoms with Crippen molar-refractivity contribution < 1.29 is 19.0 Å². The number of carbonyl (C=O) groups excluding carboxylic acids is 1. The van der Waals surface area contributed by atoms with Crippen LogP contribution in [0.4, 0.5) is 0 Å². The molecule has 5 heteroatoms. The van der Waals surface area contributed by atoms with Gasteiger partial charge in [-0.2, -0.15) is 0 Å². The molecule has 0 unspecified atom stereocenters. The van der Waals surface area contributed by atoms with E-state index < -0.39 is 0 Å². The van der Waals surface area contributed by atoms with Crippen LogP contribution in [-0.2, 0) is 9.53 Å². The number of esters is 1. The molecule has 0 N–H and O–H groups in total. The molecule has 5 nitrogen and oxygen atoms in total. The maximum Gasteiger partial charge on any atom is 0.314 e. The largest absolute Gasteiger partial charge is 0.477 e. The molecule has 23 heavy (non-hydrogen) atoms. The molecule has 126 valence electrons. The molecule has 0 bridgehead atoms. The lowest BCUT2D eigenvalue weighted by Crippen LogP contribution is -2.27. The topological polar surface area (TPSA) is 57.7 Å². The van der Waals surface area contributed by atoms with Crippen molar-refractivity contribution in [2.24, 2.45) is 11.8 Å². The minimum Gasteiger partial charge on any atom is -0.477 e. The van der Waals surface area contributed by atoms with Crippen molar-refractivity contribution in [3.63, 3.8) is 0 Å². The molecular weight excluding hydrogens is 294 g/mol. The molecule has 2 heterocycles. The van der Waals surface area contributed by atoms with Crippen LogP contribution in [0.25, 0.3) is 0 Å². The van der Waals surface area contributed by atoms with Crippen LogP contribution in [0.5, 0.6) is 11.6 Å². The van der Waals surface area contributed by atoms with Gasteiger partial charge < -0.3 is 14.2 Å². The van der Waals surface area contributed by atoms with Gasteiger partial charge in [-0.25, -0.2) is 4.98 Å². The van der Waals surface area contributed by atoms with E-state index in [1.165, 1.54) is 32.1 Å². The molecule has 2 aliphatic rings. The normalized spacial score (nSPS) is 20.2. The predicted octanol–water partition coefficient (Wildman–Crippen LogP) is 3.37. The zero-order chi connectivity index (χ0) is 15.9. The summed E-state index contributed by atoms with van der Waals surface area (Å²) in [5.74, 6) is 1.42. The minimum absolute atomic E-state index is 0.0662. The van der Waals surface area contributed by atoms with Crippen LogP contribution < -0.4 is 9.47 Å². The molecule has 0 atom stereocenters. The fourth-order valence-electron chi connectivity index (χ4n) is 3.22. The van der Waals surface area contributed by atoms with Gasteiger partial charge in [-0.3, -0.25) is 4.79 Å². The van der Waals surface area contributed by atoms with E-state index in [2.05, 4.69) is 4.98 Å². The summed E-state index contributed by atoms with van der Waals surface area (Å²) in [6.07, 6.45) is 9.49. The first kappa shape index (κ1) is 16.2. The zero-order valence-corrected chi connectivity index (χ0v) is 13.5. The molecule has 1 aliphatic carbocycles. The smallest absolute Gasteiger partial charge is 0.314 e. The standard InChI is InChI=1S/C18H25NO4/c20-18(15-7-10-21-11-8-15)23-16-6-9-19-17(12-16)22-13-14-4-2-1-3-5-14/h6,9,12,14-15H,1-5,7-8,10-11,13H2. The van der Waals surface area contributed by atoms with Crippen LogP contribution in [0.15, 0.2) is 18.3 Å². The highest BCUT2D eigenvalue weighted by molar-refractivity contribution is 5.75. The van der Waals surface area contributed by atoms with Crippen molar-refractivity contribution in [3.8, 4) is 11.6 Å². The van der Waals surface area contributed by atoms with Gasteiger partial charge in [0.2, 0.25) is 5.88 Å². The minimum atomic E-state index is -0.183. The highest BCUT2D eigenvalue weighted by Gasteiger charge is 2.23. The molecule has 2 fully saturated rings. The number of rotatable bonds is 5. The summed E-state index contributed by atoms with van der Waals surface area (Å²) < 4.78 is 16.5. The monoisotopic (exact) mass is 319 g/mol. The van der Waals surface area contributed by atoms with E-state index in [-0.39, 0.29) is 11.9 Å². The molecule has 1 saturated heterocycles. The maximum atomic E-state index is 12.1.